The third kappa shape index (κ3) is 4.16. The van der Waals surface area contributed by atoms with Gasteiger partial charge in [-0.25, -0.2) is 0 Å². The molecule has 0 aliphatic carbocycles. The topological polar surface area (TPSA) is 55.4 Å². The number of benzene rings is 3. The molecule has 5 heteroatoms. The number of ketones is 1. The summed E-state index contributed by atoms with van der Waals surface area (Å²) in [6, 6.07) is 23.6. The van der Waals surface area contributed by atoms with E-state index in [1.165, 1.54) is 0 Å². The Kier molecular flexibility index (Phi) is 5.98. The van der Waals surface area contributed by atoms with Gasteiger partial charge in [-0.3, -0.25) is 9.59 Å². The van der Waals surface area contributed by atoms with Crippen LogP contribution in [0, 0.1) is 0 Å². The Labute approximate surface area is 180 Å². The molecule has 0 saturated carbocycles. The molecule has 1 heterocycles. The van der Waals surface area contributed by atoms with Crippen LogP contribution in [0.5, 0.6) is 0 Å². The minimum absolute atomic E-state index is 0.0785. The van der Waals surface area contributed by atoms with Crippen LogP contribution in [0.25, 0.3) is 0 Å². The van der Waals surface area contributed by atoms with Gasteiger partial charge in [-0.2, -0.15) is 0 Å². The third-order valence-electron chi connectivity index (χ3n) is 5.60. The predicted octanol–water partition coefficient (Wildman–Crippen LogP) is 5.26. The summed E-state index contributed by atoms with van der Waals surface area (Å²) in [5.41, 5.74) is 1.97. The first-order chi connectivity index (χ1) is 14.6. The van der Waals surface area contributed by atoms with Gasteiger partial charge in [0.25, 0.3) is 0 Å². The second-order valence-electron chi connectivity index (χ2n) is 7.43. The molecule has 0 aromatic heterocycles. The van der Waals surface area contributed by atoms with Gasteiger partial charge < -0.3 is 10.1 Å². The first kappa shape index (κ1) is 20.3. The Morgan fingerprint density at radius 2 is 1.50 bits per heavy atom. The molecule has 152 valence electrons. The van der Waals surface area contributed by atoms with Crippen LogP contribution in [0.4, 0.5) is 5.69 Å². The summed E-state index contributed by atoms with van der Waals surface area (Å²) in [5.74, 6) is -0.178. The molecule has 3 aromatic rings. The lowest BCUT2D eigenvalue weighted by atomic mass is 9.73. The third-order valence-corrected chi connectivity index (χ3v) is 5.85. The Morgan fingerprint density at radius 1 is 0.833 bits per heavy atom. The second kappa shape index (κ2) is 8.82. The Balaban J connectivity index is 1.60. The molecule has 0 radical (unpaired) electrons. The Bertz CT molecular complexity index is 1040. The van der Waals surface area contributed by atoms with Gasteiger partial charge in [0.15, 0.2) is 5.78 Å². The average Bonchev–Trinajstić information content (AvgIpc) is 2.80. The van der Waals surface area contributed by atoms with Gasteiger partial charge in [0.05, 0.1) is 5.41 Å². The van der Waals surface area contributed by atoms with Gasteiger partial charge in [0.1, 0.15) is 0 Å². The van der Waals surface area contributed by atoms with Crippen molar-refractivity contribution in [3.05, 3.63) is 101 Å². The summed E-state index contributed by atoms with van der Waals surface area (Å²) in [7, 11) is 0. The van der Waals surface area contributed by atoms with Crippen LogP contribution in [0.2, 0.25) is 5.02 Å². The van der Waals surface area contributed by atoms with E-state index in [9.17, 15) is 9.59 Å². The van der Waals surface area contributed by atoms with Gasteiger partial charge in [0, 0.05) is 35.1 Å². The summed E-state index contributed by atoms with van der Waals surface area (Å²) < 4.78 is 5.52. The first-order valence-electron chi connectivity index (χ1n) is 9.94. The summed E-state index contributed by atoms with van der Waals surface area (Å²) in [4.78, 5) is 26.2. The minimum atomic E-state index is -0.692. The fraction of sp³-hybridized carbons (Fsp3) is 0.200. The molecule has 0 unspecified atom stereocenters. The molecule has 1 amide bonds. The number of nitrogens with one attached hydrogen (secondary N) is 1. The van der Waals surface area contributed by atoms with Crippen molar-refractivity contribution in [2.45, 2.75) is 18.3 Å². The molecule has 4 nitrogen and oxygen atoms in total. The number of carbonyl (C=O) groups is 2. The number of hydrogen-bond acceptors (Lipinski definition) is 3. The molecular formula is C25H22ClNO3. The molecular weight excluding hydrogens is 398 g/mol. The van der Waals surface area contributed by atoms with E-state index in [0.29, 0.717) is 47.9 Å². The van der Waals surface area contributed by atoms with E-state index < -0.39 is 5.41 Å². The molecule has 1 N–H and O–H groups in total. The number of amides is 1. The van der Waals surface area contributed by atoms with Crippen LogP contribution < -0.4 is 5.32 Å². The molecule has 0 atom stereocenters. The zero-order valence-electron chi connectivity index (χ0n) is 16.4. The number of hydrogen-bond donors (Lipinski definition) is 1. The van der Waals surface area contributed by atoms with Gasteiger partial charge in [-0.15, -0.1) is 0 Å². The van der Waals surface area contributed by atoms with E-state index in [-0.39, 0.29) is 11.7 Å². The summed E-state index contributed by atoms with van der Waals surface area (Å²) in [6.07, 6.45) is 1.17. The summed E-state index contributed by atoms with van der Waals surface area (Å²) >= 11 is 6.05. The quantitative estimate of drug-likeness (QED) is 0.574. The maximum Gasteiger partial charge on any atom is 0.235 e. The van der Waals surface area contributed by atoms with E-state index in [2.05, 4.69) is 5.32 Å². The number of anilines is 1. The smallest absolute Gasteiger partial charge is 0.235 e. The summed E-state index contributed by atoms with van der Waals surface area (Å²) in [5, 5.41) is 3.67. The molecule has 1 saturated heterocycles. The van der Waals surface area contributed by atoms with Gasteiger partial charge in [0.2, 0.25) is 5.91 Å². The van der Waals surface area contributed by atoms with Crippen LogP contribution >= 0.6 is 11.6 Å². The predicted molar refractivity (Wildman–Crippen MR) is 118 cm³/mol. The van der Waals surface area contributed by atoms with E-state index in [4.69, 9.17) is 16.3 Å². The Hall–Kier alpha value is -2.95. The highest BCUT2D eigenvalue weighted by atomic mass is 35.5. The number of carbonyl (C=O) groups excluding carboxylic acids is 2. The highest BCUT2D eigenvalue weighted by Crippen LogP contribution is 2.36. The van der Waals surface area contributed by atoms with Crippen molar-refractivity contribution in [3.8, 4) is 0 Å². The molecule has 0 bridgehead atoms. The fourth-order valence-electron chi connectivity index (χ4n) is 3.88. The maximum atomic E-state index is 13.4. The normalized spacial score (nSPS) is 15.4. The molecule has 1 fully saturated rings. The minimum Gasteiger partial charge on any atom is -0.381 e. The van der Waals surface area contributed by atoms with Crippen molar-refractivity contribution in [2.24, 2.45) is 0 Å². The fourth-order valence-corrected chi connectivity index (χ4v) is 4.01. The number of ether oxygens (including phenoxy) is 1. The van der Waals surface area contributed by atoms with Gasteiger partial charge >= 0.3 is 0 Å². The highest BCUT2D eigenvalue weighted by Gasteiger charge is 2.41. The van der Waals surface area contributed by atoms with E-state index >= 15 is 0 Å². The SMILES string of the molecule is O=C(c1ccccc1)c1cccc(NC(=O)C2(c3ccc(Cl)cc3)CCOCC2)c1. The Morgan fingerprint density at radius 3 is 2.20 bits per heavy atom. The maximum absolute atomic E-state index is 13.4. The van der Waals surface area contributed by atoms with Crippen molar-refractivity contribution in [1.82, 2.24) is 0 Å². The molecule has 1 aliphatic rings. The molecule has 4 rings (SSSR count). The lowest BCUT2D eigenvalue weighted by Crippen LogP contribution is -2.44. The van der Waals surface area contributed by atoms with E-state index in [1.54, 1.807) is 48.5 Å². The second-order valence-corrected chi connectivity index (χ2v) is 7.87. The van der Waals surface area contributed by atoms with Crippen molar-refractivity contribution >= 4 is 29.0 Å². The van der Waals surface area contributed by atoms with Crippen LogP contribution in [0.15, 0.2) is 78.9 Å². The standard InChI is InChI=1S/C25H22ClNO3/c26-21-11-9-20(10-12-21)25(13-15-30-16-14-25)24(29)27-22-8-4-7-19(17-22)23(28)18-5-2-1-3-6-18/h1-12,17H,13-16H2,(H,27,29). The molecule has 3 aromatic carbocycles. The monoisotopic (exact) mass is 419 g/mol. The lowest BCUT2D eigenvalue weighted by molar-refractivity contribution is -0.125. The largest absolute Gasteiger partial charge is 0.381 e. The van der Waals surface area contributed by atoms with Crippen molar-refractivity contribution in [2.75, 3.05) is 18.5 Å². The average molecular weight is 420 g/mol. The van der Waals surface area contributed by atoms with Crippen molar-refractivity contribution in [3.63, 3.8) is 0 Å². The van der Waals surface area contributed by atoms with Crippen molar-refractivity contribution in [1.29, 1.82) is 0 Å². The zero-order chi connectivity index (χ0) is 21.0. The zero-order valence-corrected chi connectivity index (χ0v) is 17.2. The number of rotatable bonds is 5. The van der Waals surface area contributed by atoms with Crippen LogP contribution in [-0.2, 0) is 14.9 Å². The van der Waals surface area contributed by atoms with Crippen LogP contribution in [0.1, 0.15) is 34.3 Å². The summed E-state index contributed by atoms with van der Waals surface area (Å²) in [6.45, 7) is 1.03. The van der Waals surface area contributed by atoms with E-state index in [0.717, 1.165) is 5.56 Å². The van der Waals surface area contributed by atoms with Gasteiger partial charge in [-0.05, 0) is 42.7 Å². The first-order valence-corrected chi connectivity index (χ1v) is 10.3. The molecule has 0 spiro atoms. The molecule has 30 heavy (non-hydrogen) atoms. The van der Waals surface area contributed by atoms with E-state index in [1.807, 2.05) is 30.3 Å². The van der Waals surface area contributed by atoms with Crippen LogP contribution in [0.3, 0.4) is 0 Å². The number of halogens is 1. The van der Waals surface area contributed by atoms with Gasteiger partial charge in [-0.1, -0.05) is 66.2 Å². The lowest BCUT2D eigenvalue weighted by Gasteiger charge is -2.36. The highest BCUT2D eigenvalue weighted by molar-refractivity contribution is 6.30. The van der Waals surface area contributed by atoms with Crippen LogP contribution in [-0.4, -0.2) is 24.9 Å². The molecule has 1 aliphatic heterocycles. The van der Waals surface area contributed by atoms with Crippen molar-refractivity contribution < 1.29 is 14.3 Å².